The van der Waals surface area contributed by atoms with E-state index in [0.29, 0.717) is 12.1 Å². The van der Waals surface area contributed by atoms with Crippen LogP contribution in [0.4, 0.5) is 17.6 Å². The van der Waals surface area contributed by atoms with Crippen LogP contribution in [0.1, 0.15) is 26.5 Å². The molecule has 0 spiro atoms. The Bertz CT molecular complexity index is 1030. The number of benzene rings is 1. The molecule has 6 nitrogen and oxygen atoms in total. The van der Waals surface area contributed by atoms with E-state index in [0.717, 1.165) is 18.4 Å². The van der Waals surface area contributed by atoms with Crippen LogP contribution in [0.3, 0.4) is 0 Å². The number of aromatic nitrogens is 4. The SMILES string of the molecule is CCOc1nc2c(-c3cc(F)c(F)c(F)c3)c(C(C)(C)F)nn2c(=O)[nH]1. The molecular formula is C16H14F4N4O2. The number of hydrogen-bond donors (Lipinski definition) is 1. The van der Waals surface area contributed by atoms with Crippen molar-refractivity contribution in [1.82, 2.24) is 19.6 Å². The minimum absolute atomic E-state index is 0.137. The van der Waals surface area contributed by atoms with Gasteiger partial charge < -0.3 is 4.74 Å². The molecule has 0 aliphatic carbocycles. The Kier molecular flexibility index (Phi) is 4.21. The van der Waals surface area contributed by atoms with Crippen LogP contribution in [0.15, 0.2) is 16.9 Å². The van der Waals surface area contributed by atoms with E-state index in [1.54, 1.807) is 6.92 Å². The summed E-state index contributed by atoms with van der Waals surface area (Å²) in [5.74, 6) is -4.58. The maximum absolute atomic E-state index is 14.7. The highest BCUT2D eigenvalue weighted by Crippen LogP contribution is 2.36. The van der Waals surface area contributed by atoms with E-state index in [1.165, 1.54) is 0 Å². The lowest BCUT2D eigenvalue weighted by Gasteiger charge is -2.13. The Morgan fingerprint density at radius 3 is 2.38 bits per heavy atom. The largest absolute Gasteiger partial charge is 0.465 e. The highest BCUT2D eigenvalue weighted by atomic mass is 19.2. The number of alkyl halides is 1. The number of nitrogens with zero attached hydrogens (tertiary/aromatic N) is 3. The van der Waals surface area contributed by atoms with Gasteiger partial charge in [0.05, 0.1) is 12.2 Å². The fourth-order valence-electron chi connectivity index (χ4n) is 2.51. The molecule has 0 fully saturated rings. The van der Waals surface area contributed by atoms with Gasteiger partial charge in [-0.2, -0.15) is 14.6 Å². The number of hydrogen-bond acceptors (Lipinski definition) is 4. The maximum Gasteiger partial charge on any atom is 0.352 e. The first-order valence-electron chi connectivity index (χ1n) is 7.63. The quantitative estimate of drug-likeness (QED) is 0.566. The van der Waals surface area contributed by atoms with Gasteiger partial charge in [-0.05, 0) is 38.5 Å². The molecule has 3 rings (SSSR count). The summed E-state index contributed by atoms with van der Waals surface area (Å²) in [7, 11) is 0. The van der Waals surface area contributed by atoms with Crippen LogP contribution in [0, 0.1) is 17.5 Å². The fraction of sp³-hybridized carbons (Fsp3) is 0.312. The number of fused-ring (bicyclic) bond motifs is 1. The standard InChI is InChI=1S/C16H14F4N4O2/c1-4-26-14-21-13-10(7-5-8(17)11(19)9(18)6-7)12(16(2,3)20)23-24(13)15(25)22-14/h5-6H,4H2,1-3H3,(H,21,22,25). The highest BCUT2D eigenvalue weighted by Gasteiger charge is 2.31. The fourth-order valence-corrected chi connectivity index (χ4v) is 2.51. The average molecular weight is 370 g/mol. The summed E-state index contributed by atoms with van der Waals surface area (Å²) in [6.45, 7) is 4.16. The van der Waals surface area contributed by atoms with Crippen molar-refractivity contribution in [3.05, 3.63) is 45.8 Å². The number of rotatable bonds is 4. The molecule has 138 valence electrons. The first kappa shape index (κ1) is 17.9. The second-order valence-corrected chi connectivity index (χ2v) is 5.97. The maximum atomic E-state index is 14.7. The van der Waals surface area contributed by atoms with Gasteiger partial charge in [0.25, 0.3) is 6.01 Å². The van der Waals surface area contributed by atoms with E-state index in [1.807, 2.05) is 0 Å². The number of aromatic amines is 1. The van der Waals surface area contributed by atoms with Gasteiger partial charge >= 0.3 is 5.69 Å². The van der Waals surface area contributed by atoms with Gasteiger partial charge in [0, 0.05) is 0 Å². The zero-order valence-corrected chi connectivity index (χ0v) is 14.0. The van der Waals surface area contributed by atoms with E-state index >= 15 is 0 Å². The molecular weight excluding hydrogens is 356 g/mol. The summed E-state index contributed by atoms with van der Waals surface area (Å²) < 4.78 is 61.2. The smallest absolute Gasteiger partial charge is 0.352 e. The lowest BCUT2D eigenvalue weighted by atomic mass is 9.97. The molecule has 1 aromatic carbocycles. The molecule has 2 heterocycles. The molecule has 0 bridgehead atoms. The Balaban J connectivity index is 2.43. The summed E-state index contributed by atoms with van der Waals surface area (Å²) in [5.41, 5.74) is -3.67. The predicted octanol–water partition coefficient (Wildman–Crippen LogP) is 3.11. The summed E-state index contributed by atoms with van der Waals surface area (Å²) in [6.07, 6.45) is 0. The third-order valence-corrected chi connectivity index (χ3v) is 3.59. The molecule has 0 aliphatic rings. The van der Waals surface area contributed by atoms with Gasteiger partial charge in [-0.3, -0.25) is 4.98 Å². The van der Waals surface area contributed by atoms with E-state index in [4.69, 9.17) is 4.74 Å². The second-order valence-electron chi connectivity index (χ2n) is 5.97. The van der Waals surface area contributed by atoms with Crippen molar-refractivity contribution in [2.75, 3.05) is 6.61 Å². The van der Waals surface area contributed by atoms with Gasteiger partial charge in [0.2, 0.25) is 0 Å². The number of halogens is 4. The molecule has 10 heteroatoms. The van der Waals surface area contributed by atoms with Gasteiger partial charge in [0.1, 0.15) is 11.4 Å². The summed E-state index contributed by atoms with van der Waals surface area (Å²) >= 11 is 0. The van der Waals surface area contributed by atoms with Crippen molar-refractivity contribution in [2.24, 2.45) is 0 Å². The summed E-state index contributed by atoms with van der Waals surface area (Å²) in [5, 5.41) is 3.88. The minimum atomic E-state index is -2.08. The molecule has 0 saturated carbocycles. The third kappa shape index (κ3) is 2.91. The van der Waals surface area contributed by atoms with Crippen LogP contribution < -0.4 is 10.4 Å². The molecule has 0 radical (unpaired) electrons. The van der Waals surface area contributed by atoms with Crippen LogP contribution in [0.5, 0.6) is 6.01 Å². The van der Waals surface area contributed by atoms with Gasteiger partial charge in [-0.1, -0.05) is 0 Å². The molecule has 2 aromatic heterocycles. The zero-order chi connectivity index (χ0) is 19.2. The van der Waals surface area contributed by atoms with Crippen molar-refractivity contribution in [3.8, 4) is 17.1 Å². The summed E-state index contributed by atoms with van der Waals surface area (Å²) in [4.78, 5) is 18.5. The third-order valence-electron chi connectivity index (χ3n) is 3.59. The van der Waals surface area contributed by atoms with E-state index < -0.39 is 28.8 Å². The van der Waals surface area contributed by atoms with Crippen LogP contribution >= 0.6 is 0 Å². The topological polar surface area (TPSA) is 72.3 Å². The molecule has 3 aromatic rings. The molecule has 26 heavy (non-hydrogen) atoms. The van der Waals surface area contributed by atoms with Gasteiger partial charge in [-0.15, -0.1) is 0 Å². The van der Waals surface area contributed by atoms with E-state index in [-0.39, 0.29) is 35.1 Å². The van der Waals surface area contributed by atoms with E-state index in [9.17, 15) is 22.4 Å². The molecule has 0 amide bonds. The average Bonchev–Trinajstić information content (AvgIpc) is 2.92. The van der Waals surface area contributed by atoms with Gasteiger partial charge in [0.15, 0.2) is 23.1 Å². The van der Waals surface area contributed by atoms with Crippen LogP contribution in [0.2, 0.25) is 0 Å². The Hall–Kier alpha value is -2.91. The normalized spacial score (nSPS) is 12.0. The van der Waals surface area contributed by atoms with Crippen molar-refractivity contribution < 1.29 is 22.3 Å². The summed E-state index contributed by atoms with van der Waals surface area (Å²) in [6, 6.07) is 1.21. The Morgan fingerprint density at radius 1 is 1.23 bits per heavy atom. The first-order chi connectivity index (χ1) is 12.1. The van der Waals surface area contributed by atoms with Gasteiger partial charge in [-0.25, -0.2) is 22.4 Å². The van der Waals surface area contributed by atoms with Crippen molar-refractivity contribution in [3.63, 3.8) is 0 Å². The zero-order valence-electron chi connectivity index (χ0n) is 14.0. The van der Waals surface area contributed by atoms with Crippen molar-refractivity contribution in [1.29, 1.82) is 0 Å². The minimum Gasteiger partial charge on any atom is -0.465 e. The molecule has 0 unspecified atom stereocenters. The van der Waals surface area contributed by atoms with Crippen LogP contribution in [-0.2, 0) is 5.67 Å². The lowest BCUT2D eigenvalue weighted by Crippen LogP contribution is -2.20. The number of nitrogens with one attached hydrogen (secondary N) is 1. The Labute approximate surface area is 144 Å². The molecule has 0 aliphatic heterocycles. The predicted molar refractivity (Wildman–Crippen MR) is 84.2 cm³/mol. The number of H-pyrrole nitrogens is 1. The highest BCUT2D eigenvalue weighted by molar-refractivity contribution is 5.80. The lowest BCUT2D eigenvalue weighted by molar-refractivity contribution is 0.214. The first-order valence-corrected chi connectivity index (χ1v) is 7.63. The second kappa shape index (κ2) is 6.11. The van der Waals surface area contributed by atoms with Crippen LogP contribution in [0.25, 0.3) is 16.8 Å². The van der Waals surface area contributed by atoms with Crippen LogP contribution in [-0.4, -0.2) is 26.2 Å². The Morgan fingerprint density at radius 2 is 1.85 bits per heavy atom. The molecule has 0 saturated heterocycles. The van der Waals surface area contributed by atoms with Crippen molar-refractivity contribution >= 4 is 5.65 Å². The molecule has 1 N–H and O–H groups in total. The molecule has 0 atom stereocenters. The number of ether oxygens (including phenoxy) is 1. The van der Waals surface area contributed by atoms with E-state index in [2.05, 4.69) is 15.1 Å². The van der Waals surface area contributed by atoms with Crippen molar-refractivity contribution in [2.45, 2.75) is 26.4 Å². The monoisotopic (exact) mass is 370 g/mol.